The molecule has 0 saturated heterocycles. The maximum atomic E-state index is 12.2. The lowest BCUT2D eigenvalue weighted by atomic mass is 10.1. The van der Waals surface area contributed by atoms with Crippen LogP contribution in [-0.4, -0.2) is 11.9 Å². The number of nitrogens with one attached hydrogen (secondary N) is 1. The molecule has 4 nitrogen and oxygen atoms in total. The maximum absolute atomic E-state index is 12.2. The van der Waals surface area contributed by atoms with Crippen LogP contribution in [0.3, 0.4) is 0 Å². The van der Waals surface area contributed by atoms with Gasteiger partial charge in [-0.1, -0.05) is 24.3 Å². The van der Waals surface area contributed by atoms with Crippen LogP contribution in [0.25, 0.3) is 0 Å². The summed E-state index contributed by atoms with van der Waals surface area (Å²) in [5, 5.41) is 2.83. The van der Waals surface area contributed by atoms with Gasteiger partial charge >= 0.3 is 5.97 Å². The van der Waals surface area contributed by atoms with Crippen molar-refractivity contribution in [2.45, 2.75) is 13.8 Å². The van der Waals surface area contributed by atoms with E-state index in [9.17, 15) is 9.59 Å². The molecule has 20 heavy (non-hydrogen) atoms. The van der Waals surface area contributed by atoms with Crippen LogP contribution >= 0.6 is 0 Å². The van der Waals surface area contributed by atoms with Gasteiger partial charge in [-0.3, -0.25) is 9.59 Å². The third-order valence-electron chi connectivity index (χ3n) is 2.75. The number of carbonyl (C=O) groups excluding carboxylic acids is 2. The Morgan fingerprint density at radius 1 is 1.05 bits per heavy atom. The van der Waals surface area contributed by atoms with Gasteiger partial charge in [0.05, 0.1) is 0 Å². The molecule has 2 aromatic carbocycles. The van der Waals surface area contributed by atoms with Crippen molar-refractivity contribution in [3.8, 4) is 5.75 Å². The topological polar surface area (TPSA) is 55.4 Å². The quantitative estimate of drug-likeness (QED) is 0.687. The van der Waals surface area contributed by atoms with Gasteiger partial charge in [-0.15, -0.1) is 0 Å². The zero-order chi connectivity index (χ0) is 14.5. The molecule has 1 N–H and O–H groups in total. The Kier molecular flexibility index (Phi) is 4.15. The maximum Gasteiger partial charge on any atom is 0.308 e. The fourth-order valence-corrected chi connectivity index (χ4v) is 1.77. The number of benzene rings is 2. The molecular formula is C16H15NO3. The number of ether oxygens (including phenoxy) is 1. The van der Waals surface area contributed by atoms with Gasteiger partial charge in [-0.2, -0.15) is 0 Å². The van der Waals surface area contributed by atoms with Gasteiger partial charge in [-0.05, 0) is 36.8 Å². The number of anilines is 1. The van der Waals surface area contributed by atoms with Gasteiger partial charge in [0.1, 0.15) is 5.75 Å². The van der Waals surface area contributed by atoms with Gasteiger partial charge in [0, 0.05) is 18.2 Å². The van der Waals surface area contributed by atoms with E-state index in [1.165, 1.54) is 13.0 Å². The molecule has 0 fully saturated rings. The number of hydrogen-bond acceptors (Lipinski definition) is 3. The minimum absolute atomic E-state index is 0.242. The molecular weight excluding hydrogens is 254 g/mol. The van der Waals surface area contributed by atoms with E-state index in [2.05, 4.69) is 5.32 Å². The molecule has 0 aliphatic carbocycles. The predicted molar refractivity (Wildman–Crippen MR) is 76.9 cm³/mol. The molecule has 0 bridgehead atoms. The lowest BCUT2D eigenvalue weighted by molar-refractivity contribution is -0.131. The molecule has 2 rings (SSSR count). The van der Waals surface area contributed by atoms with E-state index < -0.39 is 5.97 Å². The number of amides is 1. The zero-order valence-electron chi connectivity index (χ0n) is 11.3. The summed E-state index contributed by atoms with van der Waals surface area (Å²) in [6.45, 7) is 3.24. The summed E-state index contributed by atoms with van der Waals surface area (Å²) in [4.78, 5) is 23.1. The second kappa shape index (κ2) is 6.02. The lowest BCUT2D eigenvalue weighted by Gasteiger charge is -2.09. The lowest BCUT2D eigenvalue weighted by Crippen LogP contribution is -2.13. The summed E-state index contributed by atoms with van der Waals surface area (Å²) >= 11 is 0. The van der Waals surface area contributed by atoms with E-state index in [1.54, 1.807) is 18.2 Å². The largest absolute Gasteiger partial charge is 0.427 e. The Labute approximate surface area is 117 Å². The Morgan fingerprint density at radius 3 is 2.50 bits per heavy atom. The number of carbonyl (C=O) groups is 2. The Hall–Kier alpha value is -2.62. The first kappa shape index (κ1) is 13.8. The summed E-state index contributed by atoms with van der Waals surface area (Å²) < 4.78 is 4.96. The van der Waals surface area contributed by atoms with Crippen LogP contribution in [0.15, 0.2) is 48.5 Å². The molecule has 0 saturated carbocycles. The summed E-state index contributed by atoms with van der Waals surface area (Å²) in [7, 11) is 0. The second-order valence-electron chi connectivity index (χ2n) is 4.39. The van der Waals surface area contributed by atoms with Crippen molar-refractivity contribution in [3.63, 3.8) is 0 Å². The second-order valence-corrected chi connectivity index (χ2v) is 4.39. The van der Waals surface area contributed by atoms with Crippen molar-refractivity contribution in [2.75, 3.05) is 5.32 Å². The molecule has 0 unspecified atom stereocenters. The minimum atomic E-state index is -0.415. The Balaban J connectivity index is 2.17. The first-order chi connectivity index (χ1) is 9.56. The van der Waals surface area contributed by atoms with Crippen LogP contribution in [0.1, 0.15) is 22.8 Å². The molecule has 1 amide bonds. The minimum Gasteiger partial charge on any atom is -0.427 e. The first-order valence-corrected chi connectivity index (χ1v) is 6.22. The van der Waals surface area contributed by atoms with Crippen molar-refractivity contribution in [3.05, 3.63) is 59.7 Å². The number of hydrogen-bond donors (Lipinski definition) is 1. The predicted octanol–water partition coefficient (Wildman–Crippen LogP) is 3.17. The molecule has 2 aromatic rings. The van der Waals surface area contributed by atoms with Crippen LogP contribution in [0.4, 0.5) is 5.69 Å². The van der Waals surface area contributed by atoms with Crippen molar-refractivity contribution >= 4 is 17.6 Å². The van der Waals surface area contributed by atoms with Gasteiger partial charge in [0.15, 0.2) is 0 Å². The highest BCUT2D eigenvalue weighted by Gasteiger charge is 2.09. The van der Waals surface area contributed by atoms with E-state index in [-0.39, 0.29) is 5.91 Å². The number of rotatable bonds is 3. The van der Waals surface area contributed by atoms with Crippen molar-refractivity contribution in [1.82, 2.24) is 0 Å². The average molecular weight is 269 g/mol. The summed E-state index contributed by atoms with van der Waals surface area (Å²) in [6.07, 6.45) is 0. The fourth-order valence-electron chi connectivity index (χ4n) is 1.77. The van der Waals surface area contributed by atoms with E-state index in [1.807, 2.05) is 31.2 Å². The molecule has 0 aliphatic heterocycles. The fraction of sp³-hybridized carbons (Fsp3) is 0.125. The van der Waals surface area contributed by atoms with Gasteiger partial charge in [0.25, 0.3) is 5.91 Å². The Morgan fingerprint density at radius 2 is 1.80 bits per heavy atom. The van der Waals surface area contributed by atoms with Crippen molar-refractivity contribution in [1.29, 1.82) is 0 Å². The van der Waals surface area contributed by atoms with Gasteiger partial charge in [-0.25, -0.2) is 0 Å². The molecule has 0 atom stereocenters. The molecule has 0 spiro atoms. The molecule has 4 heteroatoms. The highest BCUT2D eigenvalue weighted by molar-refractivity contribution is 6.04. The Bertz CT molecular complexity index is 650. The highest BCUT2D eigenvalue weighted by Crippen LogP contribution is 2.17. The van der Waals surface area contributed by atoms with E-state index in [0.717, 1.165) is 11.3 Å². The SMILES string of the molecule is CC(=O)Oc1cccc(C(=O)Nc2ccccc2C)c1. The van der Waals surface area contributed by atoms with Gasteiger partial charge < -0.3 is 10.1 Å². The van der Waals surface area contributed by atoms with Crippen molar-refractivity contribution in [2.24, 2.45) is 0 Å². The molecule has 0 aromatic heterocycles. The van der Waals surface area contributed by atoms with Crippen LogP contribution in [0, 0.1) is 6.92 Å². The summed E-state index contributed by atoms with van der Waals surface area (Å²) in [5.74, 6) is -0.301. The monoisotopic (exact) mass is 269 g/mol. The zero-order valence-corrected chi connectivity index (χ0v) is 11.3. The third kappa shape index (κ3) is 3.45. The standard InChI is InChI=1S/C16H15NO3/c1-11-6-3-4-9-15(11)17-16(19)13-7-5-8-14(10-13)20-12(2)18/h3-10H,1-2H3,(H,17,19). The first-order valence-electron chi connectivity index (χ1n) is 6.22. The molecule has 0 heterocycles. The van der Waals surface area contributed by atoms with Crippen LogP contribution in [-0.2, 0) is 4.79 Å². The van der Waals surface area contributed by atoms with E-state index >= 15 is 0 Å². The van der Waals surface area contributed by atoms with Crippen LogP contribution < -0.4 is 10.1 Å². The van der Waals surface area contributed by atoms with Gasteiger partial charge in [0.2, 0.25) is 0 Å². The number of para-hydroxylation sites is 1. The van der Waals surface area contributed by atoms with Crippen molar-refractivity contribution < 1.29 is 14.3 Å². The molecule has 0 radical (unpaired) electrons. The average Bonchev–Trinajstić information content (AvgIpc) is 2.41. The number of aryl methyl sites for hydroxylation is 1. The highest BCUT2D eigenvalue weighted by atomic mass is 16.5. The molecule has 0 aliphatic rings. The smallest absolute Gasteiger partial charge is 0.308 e. The van der Waals surface area contributed by atoms with Crippen LogP contribution in [0.2, 0.25) is 0 Å². The normalized spacial score (nSPS) is 9.90. The summed E-state index contributed by atoms with van der Waals surface area (Å²) in [5.41, 5.74) is 2.18. The summed E-state index contributed by atoms with van der Waals surface area (Å²) in [6, 6.07) is 14.0. The molecule has 102 valence electrons. The number of esters is 1. The van der Waals surface area contributed by atoms with E-state index in [4.69, 9.17) is 4.74 Å². The van der Waals surface area contributed by atoms with E-state index in [0.29, 0.717) is 11.3 Å². The third-order valence-corrected chi connectivity index (χ3v) is 2.75. The van der Waals surface area contributed by atoms with Crippen LogP contribution in [0.5, 0.6) is 5.75 Å².